The molecule has 0 aliphatic heterocycles. The van der Waals surface area contributed by atoms with E-state index in [1.54, 1.807) is 6.92 Å². The highest BCUT2D eigenvalue weighted by molar-refractivity contribution is 5.94. The number of rotatable bonds is 5. The zero-order valence-corrected chi connectivity index (χ0v) is 15.7. The number of carboxylic acid groups (broad SMARTS) is 1. The molecule has 0 saturated heterocycles. The summed E-state index contributed by atoms with van der Waals surface area (Å²) >= 11 is 0. The van der Waals surface area contributed by atoms with Crippen LogP contribution in [-0.4, -0.2) is 28.3 Å². The fraction of sp³-hybridized carbons (Fsp3) is 0.0455. The Labute approximate surface area is 170 Å². The molecule has 2 N–H and O–H groups in total. The van der Waals surface area contributed by atoms with E-state index < -0.39 is 18.1 Å². The van der Waals surface area contributed by atoms with Crippen LogP contribution in [0.5, 0.6) is 23.0 Å². The first-order chi connectivity index (χ1) is 14.3. The van der Waals surface area contributed by atoms with Crippen molar-refractivity contribution in [1.82, 2.24) is 0 Å². The number of carbonyl (C=O) groups is 3. The molecule has 0 fully saturated rings. The average Bonchev–Trinajstić information content (AvgIpc) is 2.70. The minimum Gasteiger partial charge on any atom is -0.508 e. The van der Waals surface area contributed by atoms with Gasteiger partial charge in [-0.1, -0.05) is 0 Å². The van der Waals surface area contributed by atoms with Crippen LogP contribution in [0.15, 0.2) is 66.7 Å². The van der Waals surface area contributed by atoms with Crippen molar-refractivity contribution in [2.24, 2.45) is 0 Å². The predicted octanol–water partition coefficient (Wildman–Crippen LogP) is 4.20. The van der Waals surface area contributed by atoms with Gasteiger partial charge in [-0.3, -0.25) is 0 Å². The van der Waals surface area contributed by atoms with Gasteiger partial charge in [-0.15, -0.1) is 0 Å². The Balaban J connectivity index is 1.67. The molecule has 0 atom stereocenters. The molecule has 3 aromatic rings. The third-order valence-electron chi connectivity index (χ3n) is 3.97. The van der Waals surface area contributed by atoms with Crippen molar-refractivity contribution in [3.8, 4) is 23.0 Å². The summed E-state index contributed by atoms with van der Waals surface area (Å²) in [6.45, 7) is 1.67. The second-order valence-corrected chi connectivity index (χ2v) is 6.14. The van der Waals surface area contributed by atoms with Crippen LogP contribution in [0.1, 0.15) is 26.3 Å². The van der Waals surface area contributed by atoms with Crippen LogP contribution in [0.4, 0.5) is 4.79 Å². The van der Waals surface area contributed by atoms with E-state index >= 15 is 0 Å². The van der Waals surface area contributed by atoms with Crippen molar-refractivity contribution < 1.29 is 38.8 Å². The largest absolute Gasteiger partial charge is 0.511 e. The van der Waals surface area contributed by atoms with Crippen molar-refractivity contribution in [1.29, 1.82) is 0 Å². The van der Waals surface area contributed by atoms with Gasteiger partial charge in [0.2, 0.25) is 0 Å². The molecule has 0 heterocycles. The monoisotopic (exact) mass is 408 g/mol. The molecule has 3 rings (SSSR count). The lowest BCUT2D eigenvalue weighted by Crippen LogP contribution is -2.12. The maximum Gasteiger partial charge on any atom is 0.511 e. The SMILES string of the molecule is Cc1cc(OC(=O)c2ccc(OC(=O)O)cc2)ccc1C(=O)Oc1ccc(O)cc1. The fourth-order valence-corrected chi connectivity index (χ4v) is 2.53. The summed E-state index contributed by atoms with van der Waals surface area (Å²) in [7, 11) is 0. The Bertz CT molecular complexity index is 1090. The van der Waals surface area contributed by atoms with Crippen molar-refractivity contribution in [2.75, 3.05) is 0 Å². The van der Waals surface area contributed by atoms with E-state index in [1.807, 2.05) is 0 Å². The van der Waals surface area contributed by atoms with E-state index in [0.29, 0.717) is 5.56 Å². The van der Waals surface area contributed by atoms with Crippen LogP contribution < -0.4 is 14.2 Å². The van der Waals surface area contributed by atoms with Gasteiger partial charge >= 0.3 is 18.1 Å². The molecule has 0 aliphatic rings. The number of aryl methyl sites for hydroxylation is 1. The summed E-state index contributed by atoms with van der Waals surface area (Å²) in [6.07, 6.45) is -1.45. The Morgan fingerprint density at radius 3 is 1.83 bits per heavy atom. The number of esters is 2. The van der Waals surface area contributed by atoms with E-state index in [0.717, 1.165) is 0 Å². The average molecular weight is 408 g/mol. The molecule has 0 radical (unpaired) electrons. The lowest BCUT2D eigenvalue weighted by Gasteiger charge is -2.10. The van der Waals surface area contributed by atoms with Crippen molar-refractivity contribution in [3.05, 3.63) is 83.4 Å². The van der Waals surface area contributed by atoms with Gasteiger partial charge in [0.25, 0.3) is 0 Å². The summed E-state index contributed by atoms with van der Waals surface area (Å²) in [4.78, 5) is 35.1. The topological polar surface area (TPSA) is 119 Å². The molecule has 0 unspecified atom stereocenters. The summed E-state index contributed by atoms with van der Waals surface area (Å²) in [6, 6.07) is 15.6. The third-order valence-corrected chi connectivity index (χ3v) is 3.97. The number of aromatic hydroxyl groups is 1. The second kappa shape index (κ2) is 8.78. The number of phenolic OH excluding ortho intramolecular Hbond substituents is 1. The second-order valence-electron chi connectivity index (χ2n) is 6.14. The highest BCUT2D eigenvalue weighted by Crippen LogP contribution is 2.22. The maximum absolute atomic E-state index is 12.3. The normalized spacial score (nSPS) is 10.2. The summed E-state index contributed by atoms with van der Waals surface area (Å²) in [5.41, 5.74) is 1.02. The van der Waals surface area contributed by atoms with Crippen molar-refractivity contribution in [2.45, 2.75) is 6.92 Å². The van der Waals surface area contributed by atoms with Gasteiger partial charge in [-0.2, -0.15) is 0 Å². The first-order valence-electron chi connectivity index (χ1n) is 8.67. The van der Waals surface area contributed by atoms with Gasteiger partial charge in [-0.25, -0.2) is 14.4 Å². The number of phenols is 1. The van der Waals surface area contributed by atoms with E-state index in [-0.39, 0.29) is 34.1 Å². The van der Waals surface area contributed by atoms with Gasteiger partial charge in [0.1, 0.15) is 23.0 Å². The number of hydrogen-bond donors (Lipinski definition) is 2. The van der Waals surface area contributed by atoms with Crippen LogP contribution >= 0.6 is 0 Å². The molecule has 152 valence electrons. The molecule has 8 heteroatoms. The molecule has 3 aromatic carbocycles. The number of benzene rings is 3. The van der Waals surface area contributed by atoms with E-state index in [1.165, 1.54) is 66.7 Å². The first kappa shape index (κ1) is 20.4. The van der Waals surface area contributed by atoms with E-state index in [2.05, 4.69) is 4.74 Å². The number of hydrogen-bond acceptors (Lipinski definition) is 7. The molecule has 0 aliphatic carbocycles. The quantitative estimate of drug-likeness (QED) is 0.366. The van der Waals surface area contributed by atoms with Crippen LogP contribution in [0.3, 0.4) is 0 Å². The Morgan fingerprint density at radius 2 is 1.23 bits per heavy atom. The van der Waals surface area contributed by atoms with E-state index in [9.17, 15) is 19.5 Å². The number of ether oxygens (including phenoxy) is 3. The van der Waals surface area contributed by atoms with Crippen molar-refractivity contribution >= 4 is 18.1 Å². The molecule has 0 spiro atoms. The zero-order valence-electron chi connectivity index (χ0n) is 15.7. The predicted molar refractivity (Wildman–Crippen MR) is 104 cm³/mol. The third kappa shape index (κ3) is 5.14. The van der Waals surface area contributed by atoms with Crippen LogP contribution in [0.2, 0.25) is 0 Å². The van der Waals surface area contributed by atoms with Crippen LogP contribution in [-0.2, 0) is 0 Å². The molecular weight excluding hydrogens is 392 g/mol. The Morgan fingerprint density at radius 1 is 0.700 bits per heavy atom. The molecule has 0 aromatic heterocycles. The number of carbonyl (C=O) groups excluding carboxylic acids is 2. The van der Waals surface area contributed by atoms with Gasteiger partial charge in [0.05, 0.1) is 11.1 Å². The highest BCUT2D eigenvalue weighted by Gasteiger charge is 2.15. The summed E-state index contributed by atoms with van der Waals surface area (Å²) < 4.78 is 15.0. The van der Waals surface area contributed by atoms with Crippen LogP contribution in [0.25, 0.3) is 0 Å². The van der Waals surface area contributed by atoms with Gasteiger partial charge in [0, 0.05) is 0 Å². The Hall–Kier alpha value is -4.33. The molecule has 0 amide bonds. The van der Waals surface area contributed by atoms with Crippen LogP contribution in [0, 0.1) is 6.92 Å². The molecule has 0 saturated carbocycles. The zero-order chi connectivity index (χ0) is 21.7. The Kier molecular flexibility index (Phi) is 5.97. The minimum atomic E-state index is -1.45. The van der Waals surface area contributed by atoms with Gasteiger partial charge in [-0.05, 0) is 79.2 Å². The van der Waals surface area contributed by atoms with Gasteiger partial charge < -0.3 is 24.4 Å². The lowest BCUT2D eigenvalue weighted by atomic mass is 10.1. The first-order valence-corrected chi connectivity index (χ1v) is 8.67. The van der Waals surface area contributed by atoms with Crippen molar-refractivity contribution in [3.63, 3.8) is 0 Å². The maximum atomic E-state index is 12.3. The minimum absolute atomic E-state index is 0.0567. The molecule has 30 heavy (non-hydrogen) atoms. The molecule has 0 bridgehead atoms. The smallest absolute Gasteiger partial charge is 0.508 e. The molecular formula is C22H16O8. The lowest BCUT2D eigenvalue weighted by molar-refractivity contribution is 0.0730. The standard InChI is InChI=1S/C22H16O8/c1-13-12-18(29-20(24)14-2-6-17(7-3-14)30-22(26)27)10-11-19(13)21(25)28-16-8-4-15(23)5-9-16/h2-12,23H,1H3,(H,26,27). The fourth-order valence-electron chi connectivity index (χ4n) is 2.53. The highest BCUT2D eigenvalue weighted by atomic mass is 16.7. The van der Waals surface area contributed by atoms with Gasteiger partial charge in [0.15, 0.2) is 0 Å². The molecule has 8 nitrogen and oxygen atoms in total. The van der Waals surface area contributed by atoms with E-state index in [4.69, 9.17) is 14.6 Å². The summed E-state index contributed by atoms with van der Waals surface area (Å²) in [5, 5.41) is 17.8. The summed E-state index contributed by atoms with van der Waals surface area (Å²) in [5.74, 6) is -0.610.